The number of aryl methyl sites for hydroxylation is 1. The Kier molecular flexibility index (Phi) is 4.35. The van der Waals surface area contributed by atoms with E-state index in [4.69, 9.17) is 9.26 Å². The first-order chi connectivity index (χ1) is 13.4. The lowest BCUT2D eigenvalue weighted by Gasteiger charge is -2.06. The predicted octanol–water partition coefficient (Wildman–Crippen LogP) is 5.44. The molecule has 0 fully saturated rings. The first kappa shape index (κ1) is 17.8. The van der Waals surface area contributed by atoms with Gasteiger partial charge < -0.3 is 9.26 Å². The van der Waals surface area contributed by atoms with Gasteiger partial charge in [0.1, 0.15) is 11.4 Å². The molecule has 0 aliphatic rings. The van der Waals surface area contributed by atoms with Crippen molar-refractivity contribution >= 4 is 16.9 Å². The lowest BCUT2D eigenvalue weighted by molar-refractivity contribution is 0.0734. The zero-order valence-corrected chi connectivity index (χ0v) is 14.5. The number of ether oxygens (including phenoxy) is 1. The maximum atomic E-state index is 13.5. The Morgan fingerprint density at radius 1 is 1.00 bits per heavy atom. The Morgan fingerprint density at radius 2 is 1.71 bits per heavy atom. The van der Waals surface area contributed by atoms with Crippen molar-refractivity contribution in [1.29, 1.82) is 0 Å². The molecular weight excluding hydrogens is 371 g/mol. The van der Waals surface area contributed by atoms with Crippen LogP contribution in [0.3, 0.4) is 0 Å². The predicted molar refractivity (Wildman–Crippen MR) is 95.5 cm³/mol. The second-order valence-corrected chi connectivity index (χ2v) is 6.15. The molecule has 140 valence electrons. The van der Waals surface area contributed by atoms with Crippen LogP contribution < -0.4 is 4.74 Å². The molecule has 0 atom stereocenters. The summed E-state index contributed by atoms with van der Waals surface area (Å²) in [5.74, 6) is -4.51. The molecule has 0 aliphatic carbocycles. The highest BCUT2D eigenvalue weighted by molar-refractivity contribution is 5.95. The van der Waals surface area contributed by atoms with Gasteiger partial charge in [0, 0.05) is 17.0 Å². The number of nitrogens with zero attached hydrogens (tertiary/aromatic N) is 1. The van der Waals surface area contributed by atoms with Crippen molar-refractivity contribution in [1.82, 2.24) is 5.16 Å². The van der Waals surface area contributed by atoms with E-state index in [2.05, 4.69) is 5.16 Å². The van der Waals surface area contributed by atoms with Gasteiger partial charge in [-0.25, -0.2) is 18.0 Å². The first-order valence-corrected chi connectivity index (χ1v) is 8.26. The summed E-state index contributed by atoms with van der Waals surface area (Å²) >= 11 is 0. The number of carbonyl (C=O) groups is 1. The van der Waals surface area contributed by atoms with Crippen molar-refractivity contribution in [3.05, 3.63) is 83.2 Å². The van der Waals surface area contributed by atoms with E-state index in [-0.39, 0.29) is 22.6 Å². The van der Waals surface area contributed by atoms with Crippen molar-refractivity contribution in [2.45, 2.75) is 6.92 Å². The molecule has 0 saturated carbocycles. The molecule has 0 saturated heterocycles. The van der Waals surface area contributed by atoms with Gasteiger partial charge in [0.15, 0.2) is 23.0 Å². The Hall–Kier alpha value is -3.61. The molecular formula is C21H12F3NO3. The summed E-state index contributed by atoms with van der Waals surface area (Å²) in [5.41, 5.74) is 1.62. The summed E-state index contributed by atoms with van der Waals surface area (Å²) in [5, 5.41) is 4.23. The van der Waals surface area contributed by atoms with Crippen LogP contribution in [0.1, 0.15) is 15.9 Å². The van der Waals surface area contributed by atoms with E-state index >= 15 is 0 Å². The van der Waals surface area contributed by atoms with E-state index in [9.17, 15) is 18.0 Å². The van der Waals surface area contributed by atoms with Crippen molar-refractivity contribution in [3.63, 3.8) is 0 Å². The monoisotopic (exact) mass is 383 g/mol. The standard InChI is InChI=1S/C21H12F3NO3/c1-11-4-2-3-5-14(11)21(26)27-13-6-7-15-18(10-13)28-25-20(15)12-8-16(22)19(24)17(23)9-12/h2-10H,1H3. The number of rotatable bonds is 3. The molecule has 3 aromatic carbocycles. The number of aromatic nitrogens is 1. The fraction of sp³-hybridized carbons (Fsp3) is 0.0476. The Bertz CT molecular complexity index is 1190. The van der Waals surface area contributed by atoms with Crippen LogP contribution >= 0.6 is 0 Å². The number of hydrogen-bond donors (Lipinski definition) is 0. The van der Waals surface area contributed by atoms with E-state index in [1.165, 1.54) is 12.1 Å². The van der Waals surface area contributed by atoms with Gasteiger partial charge in [-0.1, -0.05) is 23.4 Å². The normalized spacial score (nSPS) is 11.0. The molecule has 0 radical (unpaired) electrons. The molecule has 28 heavy (non-hydrogen) atoms. The molecule has 4 rings (SSSR count). The lowest BCUT2D eigenvalue weighted by Crippen LogP contribution is -2.09. The van der Waals surface area contributed by atoms with E-state index in [1.807, 2.05) is 6.07 Å². The number of benzene rings is 3. The highest BCUT2D eigenvalue weighted by Gasteiger charge is 2.18. The topological polar surface area (TPSA) is 52.3 Å². The van der Waals surface area contributed by atoms with Crippen LogP contribution in [0, 0.1) is 24.4 Å². The van der Waals surface area contributed by atoms with Gasteiger partial charge in [-0.05, 0) is 42.8 Å². The van der Waals surface area contributed by atoms with E-state index in [0.29, 0.717) is 10.9 Å². The summed E-state index contributed by atoms with van der Waals surface area (Å²) in [6.45, 7) is 1.80. The zero-order valence-electron chi connectivity index (χ0n) is 14.5. The van der Waals surface area contributed by atoms with Gasteiger partial charge in [0.05, 0.1) is 5.56 Å². The molecule has 0 unspecified atom stereocenters. The van der Waals surface area contributed by atoms with E-state index < -0.39 is 23.4 Å². The molecule has 4 nitrogen and oxygen atoms in total. The average Bonchev–Trinajstić information content (AvgIpc) is 3.09. The summed E-state index contributed by atoms with van der Waals surface area (Å²) in [4.78, 5) is 12.3. The number of fused-ring (bicyclic) bond motifs is 1. The van der Waals surface area contributed by atoms with Crippen LogP contribution in [0.25, 0.3) is 22.2 Å². The molecule has 0 N–H and O–H groups in total. The number of hydrogen-bond acceptors (Lipinski definition) is 4. The van der Waals surface area contributed by atoms with Crippen LogP contribution in [-0.2, 0) is 0 Å². The summed E-state index contributed by atoms with van der Waals surface area (Å²) in [6, 6.07) is 13.2. The molecule has 0 bridgehead atoms. The van der Waals surface area contributed by atoms with Gasteiger partial charge in [-0.2, -0.15) is 0 Å². The third kappa shape index (κ3) is 3.11. The molecule has 4 aromatic rings. The SMILES string of the molecule is Cc1ccccc1C(=O)Oc1ccc2c(-c3cc(F)c(F)c(F)c3)noc2c1. The summed E-state index contributed by atoms with van der Waals surface area (Å²) in [6.07, 6.45) is 0. The number of esters is 1. The summed E-state index contributed by atoms with van der Waals surface area (Å²) in [7, 11) is 0. The average molecular weight is 383 g/mol. The Labute approximate surface area is 157 Å². The summed E-state index contributed by atoms with van der Waals surface area (Å²) < 4.78 is 50.7. The van der Waals surface area contributed by atoms with Crippen LogP contribution in [-0.4, -0.2) is 11.1 Å². The van der Waals surface area contributed by atoms with Crippen LogP contribution in [0.15, 0.2) is 59.1 Å². The smallest absolute Gasteiger partial charge is 0.343 e. The molecule has 1 aromatic heterocycles. The molecule has 0 amide bonds. The van der Waals surface area contributed by atoms with Crippen molar-refractivity contribution in [2.75, 3.05) is 0 Å². The lowest BCUT2D eigenvalue weighted by atomic mass is 10.1. The van der Waals surface area contributed by atoms with E-state index in [1.54, 1.807) is 31.2 Å². The number of halogens is 3. The Morgan fingerprint density at radius 3 is 2.43 bits per heavy atom. The fourth-order valence-corrected chi connectivity index (χ4v) is 2.85. The highest BCUT2D eigenvalue weighted by Crippen LogP contribution is 2.32. The largest absolute Gasteiger partial charge is 0.423 e. The zero-order chi connectivity index (χ0) is 19.8. The van der Waals surface area contributed by atoms with E-state index in [0.717, 1.165) is 17.7 Å². The maximum absolute atomic E-state index is 13.5. The van der Waals surface area contributed by atoms with Crippen LogP contribution in [0.2, 0.25) is 0 Å². The van der Waals surface area contributed by atoms with Crippen molar-refractivity contribution < 1.29 is 27.2 Å². The van der Waals surface area contributed by atoms with Crippen molar-refractivity contribution in [2.24, 2.45) is 0 Å². The first-order valence-electron chi connectivity index (χ1n) is 8.26. The minimum absolute atomic E-state index is 0.0276. The second kappa shape index (κ2) is 6.84. The Balaban J connectivity index is 1.67. The molecule has 0 spiro atoms. The highest BCUT2D eigenvalue weighted by atomic mass is 19.2. The van der Waals surface area contributed by atoms with Gasteiger partial charge in [0.25, 0.3) is 0 Å². The van der Waals surface area contributed by atoms with Crippen molar-refractivity contribution in [3.8, 4) is 17.0 Å². The fourth-order valence-electron chi connectivity index (χ4n) is 2.85. The second-order valence-electron chi connectivity index (χ2n) is 6.15. The third-order valence-corrected chi connectivity index (χ3v) is 4.28. The number of carbonyl (C=O) groups excluding carboxylic acids is 1. The minimum atomic E-state index is -1.55. The molecule has 0 aliphatic heterocycles. The van der Waals surface area contributed by atoms with Gasteiger partial charge in [0.2, 0.25) is 0 Å². The van der Waals surface area contributed by atoms with Gasteiger partial charge in [-0.3, -0.25) is 0 Å². The molecule has 7 heteroatoms. The van der Waals surface area contributed by atoms with Gasteiger partial charge in [-0.15, -0.1) is 0 Å². The minimum Gasteiger partial charge on any atom is -0.423 e. The quantitative estimate of drug-likeness (QED) is 0.269. The maximum Gasteiger partial charge on any atom is 0.343 e. The van der Waals surface area contributed by atoms with Crippen LogP contribution in [0.4, 0.5) is 13.2 Å². The van der Waals surface area contributed by atoms with Gasteiger partial charge >= 0.3 is 5.97 Å². The van der Waals surface area contributed by atoms with Crippen LogP contribution in [0.5, 0.6) is 5.75 Å². The molecule has 1 heterocycles. The third-order valence-electron chi connectivity index (χ3n) is 4.28.